The summed E-state index contributed by atoms with van der Waals surface area (Å²) in [6.07, 6.45) is 0. The fourth-order valence-electron chi connectivity index (χ4n) is 2.81. The Morgan fingerprint density at radius 2 is 1.70 bits per heavy atom. The zero-order chi connectivity index (χ0) is 19.9. The van der Waals surface area contributed by atoms with E-state index in [1.165, 1.54) is 5.56 Å². The maximum atomic E-state index is 13.5. The molecule has 0 unspecified atom stereocenters. The van der Waals surface area contributed by atoms with Gasteiger partial charge in [0, 0.05) is 0 Å². The van der Waals surface area contributed by atoms with Crippen LogP contribution in [-0.2, 0) is 0 Å². The van der Waals surface area contributed by atoms with Crippen molar-refractivity contribution in [2.75, 3.05) is 5.32 Å². The number of anilines is 1. The summed E-state index contributed by atoms with van der Waals surface area (Å²) in [5, 5.41) is 7.03. The largest absolute Gasteiger partial charge is 0.319 e. The van der Waals surface area contributed by atoms with Crippen molar-refractivity contribution >= 4 is 23.2 Å². The number of aromatic nitrogens is 2. The van der Waals surface area contributed by atoms with Gasteiger partial charge in [-0.05, 0) is 63.1 Å². The van der Waals surface area contributed by atoms with Gasteiger partial charge in [-0.1, -0.05) is 17.7 Å². The van der Waals surface area contributed by atoms with Gasteiger partial charge in [0.2, 0.25) is 0 Å². The summed E-state index contributed by atoms with van der Waals surface area (Å²) >= 11 is 5.89. The molecule has 2 aromatic carbocycles. The van der Waals surface area contributed by atoms with Crippen LogP contribution >= 0.6 is 11.6 Å². The van der Waals surface area contributed by atoms with Crippen LogP contribution in [0.5, 0.6) is 0 Å². The first-order valence-corrected chi connectivity index (χ1v) is 8.66. The number of aryl methyl sites for hydroxylation is 3. The summed E-state index contributed by atoms with van der Waals surface area (Å²) in [6.45, 7) is 7.61. The van der Waals surface area contributed by atoms with Gasteiger partial charge in [-0.3, -0.25) is 4.79 Å². The second-order valence-corrected chi connectivity index (χ2v) is 6.83. The lowest BCUT2D eigenvalue weighted by molar-refractivity contribution is 0.102. The maximum absolute atomic E-state index is 13.5. The zero-order valence-electron chi connectivity index (χ0n) is 15.3. The van der Waals surface area contributed by atoms with Crippen LogP contribution in [0.2, 0.25) is 5.02 Å². The normalized spacial score (nSPS) is 10.9. The van der Waals surface area contributed by atoms with Gasteiger partial charge in [0.15, 0.2) is 11.6 Å². The minimum absolute atomic E-state index is 0.145. The van der Waals surface area contributed by atoms with Crippen LogP contribution in [0.4, 0.5) is 14.5 Å². The molecular weight excluding hydrogens is 372 g/mol. The van der Waals surface area contributed by atoms with E-state index in [1.807, 2.05) is 39.0 Å². The first-order valence-electron chi connectivity index (χ1n) is 8.28. The van der Waals surface area contributed by atoms with Crippen molar-refractivity contribution in [2.24, 2.45) is 0 Å². The fraction of sp³-hybridized carbons (Fsp3) is 0.200. The molecule has 0 saturated carbocycles. The lowest BCUT2D eigenvalue weighted by Crippen LogP contribution is -2.14. The highest BCUT2D eigenvalue weighted by Crippen LogP contribution is 2.26. The van der Waals surface area contributed by atoms with E-state index in [4.69, 9.17) is 11.6 Å². The standard InChI is InChI=1S/C20H18ClF2N3O/c1-10-5-6-14(7-11(10)2)26-13(4)19(12(3)25-26)24-20(27)15-8-17(22)18(23)9-16(15)21/h5-9H,1-4H3,(H,24,27). The van der Waals surface area contributed by atoms with Crippen molar-refractivity contribution in [1.82, 2.24) is 9.78 Å². The minimum atomic E-state index is -1.14. The number of halogens is 3. The van der Waals surface area contributed by atoms with Crippen molar-refractivity contribution in [1.29, 1.82) is 0 Å². The Morgan fingerprint density at radius 3 is 2.37 bits per heavy atom. The summed E-state index contributed by atoms with van der Waals surface area (Å²) in [4.78, 5) is 12.5. The van der Waals surface area contributed by atoms with E-state index in [0.717, 1.165) is 23.4 Å². The molecule has 140 valence electrons. The van der Waals surface area contributed by atoms with Crippen molar-refractivity contribution in [3.8, 4) is 5.69 Å². The smallest absolute Gasteiger partial charge is 0.257 e. The van der Waals surface area contributed by atoms with E-state index >= 15 is 0 Å². The molecule has 27 heavy (non-hydrogen) atoms. The number of hydrogen-bond donors (Lipinski definition) is 1. The van der Waals surface area contributed by atoms with Crippen molar-refractivity contribution in [2.45, 2.75) is 27.7 Å². The quantitative estimate of drug-likeness (QED) is 0.619. The predicted molar refractivity (Wildman–Crippen MR) is 102 cm³/mol. The highest BCUT2D eigenvalue weighted by Gasteiger charge is 2.19. The summed E-state index contributed by atoms with van der Waals surface area (Å²) in [7, 11) is 0. The second-order valence-electron chi connectivity index (χ2n) is 6.43. The van der Waals surface area contributed by atoms with Crippen molar-refractivity contribution < 1.29 is 13.6 Å². The molecule has 0 atom stereocenters. The summed E-state index contributed by atoms with van der Waals surface area (Å²) < 4.78 is 28.4. The first-order chi connectivity index (χ1) is 12.7. The minimum Gasteiger partial charge on any atom is -0.319 e. The van der Waals surface area contributed by atoms with Gasteiger partial charge in [0.05, 0.1) is 33.3 Å². The molecule has 1 N–H and O–H groups in total. The van der Waals surface area contributed by atoms with Crippen LogP contribution in [0.1, 0.15) is 32.9 Å². The summed E-state index contributed by atoms with van der Waals surface area (Å²) in [5.41, 5.74) is 4.82. The Kier molecular flexibility index (Phi) is 5.02. The van der Waals surface area contributed by atoms with Gasteiger partial charge in [0.1, 0.15) is 0 Å². The topological polar surface area (TPSA) is 46.9 Å². The Bertz CT molecular complexity index is 1060. The predicted octanol–water partition coefficient (Wildman–Crippen LogP) is 5.29. The van der Waals surface area contributed by atoms with Crippen LogP contribution in [-0.4, -0.2) is 15.7 Å². The van der Waals surface area contributed by atoms with Crippen molar-refractivity contribution in [3.63, 3.8) is 0 Å². The van der Waals surface area contributed by atoms with Crippen molar-refractivity contribution in [3.05, 3.63) is 75.1 Å². The van der Waals surface area contributed by atoms with Gasteiger partial charge in [-0.25, -0.2) is 13.5 Å². The van der Waals surface area contributed by atoms with Crippen LogP contribution < -0.4 is 5.32 Å². The first kappa shape index (κ1) is 19.0. The zero-order valence-corrected chi connectivity index (χ0v) is 16.1. The number of nitrogens with zero attached hydrogens (tertiary/aromatic N) is 2. The molecule has 1 amide bonds. The molecule has 0 aliphatic rings. The molecule has 3 rings (SSSR count). The van der Waals surface area contributed by atoms with Gasteiger partial charge in [0.25, 0.3) is 5.91 Å². The van der Waals surface area contributed by atoms with E-state index < -0.39 is 17.5 Å². The Hall–Kier alpha value is -2.73. The van der Waals surface area contributed by atoms with Gasteiger partial charge in [-0.15, -0.1) is 0 Å². The summed E-state index contributed by atoms with van der Waals surface area (Å²) in [5.74, 6) is -2.87. The molecule has 3 aromatic rings. The second kappa shape index (κ2) is 7.12. The monoisotopic (exact) mass is 389 g/mol. The molecule has 0 saturated heterocycles. The molecule has 0 spiro atoms. The van der Waals surface area contributed by atoms with Crippen LogP contribution in [0.3, 0.4) is 0 Å². The summed E-state index contributed by atoms with van der Waals surface area (Å²) in [6, 6.07) is 7.52. The molecule has 1 aromatic heterocycles. The number of amides is 1. The Morgan fingerprint density at radius 1 is 1.04 bits per heavy atom. The van der Waals surface area contributed by atoms with E-state index in [2.05, 4.69) is 10.4 Å². The van der Waals surface area contributed by atoms with Crippen LogP contribution in [0.15, 0.2) is 30.3 Å². The fourth-order valence-corrected chi connectivity index (χ4v) is 3.05. The van der Waals surface area contributed by atoms with E-state index in [1.54, 1.807) is 11.6 Å². The van der Waals surface area contributed by atoms with Crippen LogP contribution in [0, 0.1) is 39.3 Å². The molecule has 0 aliphatic heterocycles. The third-order valence-corrected chi connectivity index (χ3v) is 4.83. The van der Waals surface area contributed by atoms with E-state index in [-0.39, 0.29) is 10.6 Å². The number of carbonyl (C=O) groups is 1. The molecule has 0 aliphatic carbocycles. The highest BCUT2D eigenvalue weighted by atomic mass is 35.5. The van der Waals surface area contributed by atoms with E-state index in [9.17, 15) is 13.6 Å². The number of benzene rings is 2. The van der Waals surface area contributed by atoms with Crippen LogP contribution in [0.25, 0.3) is 5.69 Å². The molecule has 1 heterocycles. The van der Waals surface area contributed by atoms with Gasteiger partial charge < -0.3 is 5.32 Å². The number of carbonyl (C=O) groups excluding carboxylic acids is 1. The Balaban J connectivity index is 1.97. The molecular formula is C20H18ClF2N3O. The third-order valence-electron chi connectivity index (χ3n) is 4.52. The maximum Gasteiger partial charge on any atom is 0.257 e. The average Bonchev–Trinajstić information content (AvgIpc) is 2.88. The van der Waals surface area contributed by atoms with Gasteiger partial charge in [-0.2, -0.15) is 5.10 Å². The number of rotatable bonds is 3. The lowest BCUT2D eigenvalue weighted by atomic mass is 10.1. The number of hydrogen-bond acceptors (Lipinski definition) is 2. The molecule has 4 nitrogen and oxygen atoms in total. The van der Waals surface area contributed by atoms with Gasteiger partial charge >= 0.3 is 0 Å². The lowest BCUT2D eigenvalue weighted by Gasteiger charge is -2.10. The molecule has 0 bridgehead atoms. The molecule has 7 heteroatoms. The van der Waals surface area contributed by atoms with E-state index in [0.29, 0.717) is 17.1 Å². The molecule has 0 fully saturated rings. The SMILES string of the molecule is Cc1ccc(-n2nc(C)c(NC(=O)c3cc(F)c(F)cc3Cl)c2C)cc1C. The molecule has 0 radical (unpaired) electrons. The average molecular weight is 390 g/mol. The highest BCUT2D eigenvalue weighted by molar-refractivity contribution is 6.34. The third kappa shape index (κ3) is 3.57. The Labute approximate surface area is 160 Å². The number of nitrogens with one attached hydrogen (secondary N) is 1.